The van der Waals surface area contributed by atoms with E-state index in [1.54, 1.807) is 6.08 Å². The number of rotatable bonds is 3. The van der Waals surface area contributed by atoms with Crippen LogP contribution in [0.1, 0.15) is 5.56 Å². The highest BCUT2D eigenvalue weighted by Gasteiger charge is 2.17. The minimum absolute atomic E-state index is 0.200. The van der Waals surface area contributed by atoms with Crippen LogP contribution in [0.5, 0.6) is 0 Å². The zero-order valence-corrected chi connectivity index (χ0v) is 11.9. The molecule has 102 valence electrons. The van der Waals surface area contributed by atoms with Gasteiger partial charge in [0, 0.05) is 24.7 Å². The first-order chi connectivity index (χ1) is 9.08. The lowest BCUT2D eigenvalue weighted by molar-refractivity contribution is 0.321. The van der Waals surface area contributed by atoms with E-state index in [9.17, 15) is 0 Å². The maximum absolute atomic E-state index is 6.18. The Morgan fingerprint density at radius 2 is 2.16 bits per heavy atom. The number of allylic oxidation sites excluding steroid dienone is 1. The van der Waals surface area contributed by atoms with Gasteiger partial charge in [-0.2, -0.15) is 0 Å². The number of hydrogen-bond donors (Lipinski definition) is 3. The van der Waals surface area contributed by atoms with Crippen molar-refractivity contribution in [1.29, 1.82) is 0 Å². The van der Waals surface area contributed by atoms with Crippen LogP contribution in [0, 0.1) is 0 Å². The van der Waals surface area contributed by atoms with Crippen molar-refractivity contribution < 1.29 is 0 Å². The summed E-state index contributed by atoms with van der Waals surface area (Å²) in [6.45, 7) is 2.25. The molecule has 0 bridgehead atoms. The average molecular weight is 299 g/mol. The Morgan fingerprint density at radius 1 is 1.42 bits per heavy atom. The SMILES string of the molecule is NC1=C(/C=C(\N)Cl)N(Cc2ccccc2Cl)CCN1. The van der Waals surface area contributed by atoms with Crippen molar-refractivity contribution in [2.24, 2.45) is 11.5 Å². The molecule has 6 heteroatoms. The summed E-state index contributed by atoms with van der Waals surface area (Å²) in [5.74, 6) is 0.571. The molecule has 0 aromatic heterocycles. The van der Waals surface area contributed by atoms with Crippen molar-refractivity contribution in [3.05, 3.63) is 57.6 Å². The van der Waals surface area contributed by atoms with E-state index in [0.717, 1.165) is 29.4 Å². The quantitative estimate of drug-likeness (QED) is 0.746. The Labute approximate surface area is 122 Å². The Morgan fingerprint density at radius 3 is 2.84 bits per heavy atom. The molecule has 1 aliphatic heterocycles. The standard InChI is InChI=1S/C13H16Cl2N4/c14-10-4-2-1-3-9(10)8-19-6-5-18-13(17)11(19)7-12(15)16/h1-4,7,18H,5-6,8,16-17H2/b12-7-. The molecule has 0 atom stereocenters. The number of halogens is 2. The van der Waals surface area contributed by atoms with Gasteiger partial charge < -0.3 is 21.7 Å². The number of benzene rings is 1. The molecule has 5 N–H and O–H groups in total. The van der Waals surface area contributed by atoms with E-state index in [1.165, 1.54) is 0 Å². The summed E-state index contributed by atoms with van der Waals surface area (Å²) < 4.78 is 0. The number of hydrogen-bond acceptors (Lipinski definition) is 4. The van der Waals surface area contributed by atoms with E-state index in [4.69, 9.17) is 34.7 Å². The van der Waals surface area contributed by atoms with Gasteiger partial charge in [0.1, 0.15) is 11.0 Å². The third kappa shape index (κ3) is 3.49. The Bertz CT molecular complexity index is 521. The lowest BCUT2D eigenvalue weighted by Crippen LogP contribution is -2.41. The molecule has 4 nitrogen and oxygen atoms in total. The van der Waals surface area contributed by atoms with Crippen LogP contribution in [-0.4, -0.2) is 18.0 Å². The molecule has 0 saturated heterocycles. The lowest BCUT2D eigenvalue weighted by Gasteiger charge is -2.32. The van der Waals surface area contributed by atoms with Crippen molar-refractivity contribution in [3.8, 4) is 0 Å². The van der Waals surface area contributed by atoms with Crippen LogP contribution in [0.3, 0.4) is 0 Å². The predicted molar refractivity (Wildman–Crippen MR) is 79.2 cm³/mol. The van der Waals surface area contributed by atoms with E-state index in [2.05, 4.69) is 10.2 Å². The van der Waals surface area contributed by atoms with E-state index in [0.29, 0.717) is 12.4 Å². The Balaban J connectivity index is 2.26. The maximum Gasteiger partial charge on any atom is 0.120 e. The molecule has 0 spiro atoms. The predicted octanol–water partition coefficient (Wildman–Crippen LogP) is 1.91. The summed E-state index contributed by atoms with van der Waals surface area (Å²) in [5, 5.41) is 4.03. The molecule has 19 heavy (non-hydrogen) atoms. The van der Waals surface area contributed by atoms with Gasteiger partial charge in [-0.3, -0.25) is 0 Å². The van der Waals surface area contributed by atoms with Gasteiger partial charge >= 0.3 is 0 Å². The summed E-state index contributed by atoms with van der Waals surface area (Å²) in [6, 6.07) is 7.73. The van der Waals surface area contributed by atoms with Gasteiger partial charge in [-0.1, -0.05) is 41.4 Å². The first-order valence-corrected chi connectivity index (χ1v) is 6.68. The fourth-order valence-electron chi connectivity index (χ4n) is 2.00. The van der Waals surface area contributed by atoms with Crippen LogP contribution in [-0.2, 0) is 6.54 Å². The van der Waals surface area contributed by atoms with Crippen molar-refractivity contribution in [2.45, 2.75) is 6.54 Å². The first-order valence-electron chi connectivity index (χ1n) is 5.92. The monoisotopic (exact) mass is 298 g/mol. The summed E-state index contributed by atoms with van der Waals surface area (Å²) in [4.78, 5) is 2.10. The second-order valence-electron chi connectivity index (χ2n) is 4.27. The largest absolute Gasteiger partial charge is 0.389 e. The summed E-state index contributed by atoms with van der Waals surface area (Å²) in [7, 11) is 0. The van der Waals surface area contributed by atoms with Gasteiger partial charge in [0.05, 0.1) is 5.70 Å². The first kappa shape index (κ1) is 13.9. The fourth-order valence-corrected chi connectivity index (χ4v) is 2.30. The second kappa shape index (κ2) is 6.08. The molecule has 1 heterocycles. The topological polar surface area (TPSA) is 67.3 Å². The summed E-state index contributed by atoms with van der Waals surface area (Å²) in [6.07, 6.45) is 1.65. The van der Waals surface area contributed by atoms with Gasteiger partial charge in [-0.15, -0.1) is 0 Å². The van der Waals surface area contributed by atoms with Crippen LogP contribution in [0.2, 0.25) is 5.02 Å². The van der Waals surface area contributed by atoms with Crippen molar-refractivity contribution >= 4 is 23.2 Å². The highest BCUT2D eigenvalue weighted by atomic mass is 35.5. The Hall–Kier alpha value is -1.52. The lowest BCUT2D eigenvalue weighted by atomic mass is 10.2. The zero-order chi connectivity index (χ0) is 13.8. The molecule has 1 aromatic carbocycles. The number of nitrogens with two attached hydrogens (primary N) is 2. The van der Waals surface area contributed by atoms with Crippen molar-refractivity contribution in [2.75, 3.05) is 13.1 Å². The summed E-state index contributed by atoms with van der Waals surface area (Å²) in [5.41, 5.74) is 13.3. The Kier molecular flexibility index (Phi) is 4.45. The molecule has 1 aromatic rings. The average Bonchev–Trinajstić information content (AvgIpc) is 2.36. The van der Waals surface area contributed by atoms with E-state index in [-0.39, 0.29) is 5.16 Å². The molecule has 0 aliphatic carbocycles. The van der Waals surface area contributed by atoms with Gasteiger partial charge in [0.15, 0.2) is 0 Å². The molecule has 0 fully saturated rings. The normalized spacial score (nSPS) is 16.5. The minimum Gasteiger partial charge on any atom is -0.389 e. The summed E-state index contributed by atoms with van der Waals surface area (Å²) >= 11 is 11.9. The smallest absolute Gasteiger partial charge is 0.120 e. The van der Waals surface area contributed by atoms with E-state index >= 15 is 0 Å². The molecular weight excluding hydrogens is 283 g/mol. The molecule has 0 unspecified atom stereocenters. The zero-order valence-electron chi connectivity index (χ0n) is 10.4. The van der Waals surface area contributed by atoms with Crippen molar-refractivity contribution in [1.82, 2.24) is 10.2 Å². The molecule has 0 saturated carbocycles. The van der Waals surface area contributed by atoms with E-state index < -0.39 is 0 Å². The van der Waals surface area contributed by atoms with Gasteiger partial charge in [-0.05, 0) is 17.7 Å². The molecule has 0 radical (unpaired) electrons. The highest BCUT2D eigenvalue weighted by molar-refractivity contribution is 6.31. The molecule has 2 rings (SSSR count). The van der Waals surface area contributed by atoms with Crippen LogP contribution in [0.25, 0.3) is 0 Å². The van der Waals surface area contributed by atoms with Crippen LogP contribution < -0.4 is 16.8 Å². The van der Waals surface area contributed by atoms with Gasteiger partial charge in [-0.25, -0.2) is 0 Å². The van der Waals surface area contributed by atoms with Crippen LogP contribution >= 0.6 is 23.2 Å². The number of nitrogens with one attached hydrogen (secondary N) is 1. The third-order valence-corrected chi connectivity index (χ3v) is 3.39. The minimum atomic E-state index is 0.200. The number of nitrogens with zero attached hydrogens (tertiary/aromatic N) is 1. The van der Waals surface area contributed by atoms with E-state index in [1.807, 2.05) is 24.3 Å². The van der Waals surface area contributed by atoms with Gasteiger partial charge in [0.25, 0.3) is 0 Å². The highest BCUT2D eigenvalue weighted by Crippen LogP contribution is 2.21. The van der Waals surface area contributed by atoms with Gasteiger partial charge in [0.2, 0.25) is 0 Å². The van der Waals surface area contributed by atoms with Crippen molar-refractivity contribution in [3.63, 3.8) is 0 Å². The molecule has 0 amide bonds. The second-order valence-corrected chi connectivity index (χ2v) is 5.11. The van der Waals surface area contributed by atoms with Crippen LogP contribution in [0.4, 0.5) is 0 Å². The fraction of sp³-hybridized carbons (Fsp3) is 0.231. The third-order valence-electron chi connectivity index (χ3n) is 2.91. The maximum atomic E-state index is 6.18. The van der Waals surface area contributed by atoms with Crippen LogP contribution in [0.15, 0.2) is 47.0 Å². The molecule has 1 aliphatic rings. The molecular formula is C13H16Cl2N4.